The van der Waals surface area contributed by atoms with Crippen molar-refractivity contribution in [2.75, 3.05) is 0 Å². The second-order valence-electron chi connectivity index (χ2n) is 6.70. The summed E-state index contributed by atoms with van der Waals surface area (Å²) in [6.45, 7) is 12.1. The van der Waals surface area contributed by atoms with E-state index in [1.807, 2.05) is 13.8 Å². The molecule has 0 saturated carbocycles. The van der Waals surface area contributed by atoms with Gasteiger partial charge < -0.3 is 15.4 Å². The highest BCUT2D eigenvalue weighted by molar-refractivity contribution is 5.95. The van der Waals surface area contributed by atoms with Crippen LogP contribution in [0.3, 0.4) is 0 Å². The van der Waals surface area contributed by atoms with Crippen molar-refractivity contribution in [1.29, 1.82) is 0 Å². The Morgan fingerprint density at radius 1 is 1.29 bits per heavy atom. The molecular weight excluding hydrogens is 270 g/mol. The molecule has 1 aromatic rings. The first-order valence-electron chi connectivity index (χ1n) is 7.02. The van der Waals surface area contributed by atoms with Gasteiger partial charge in [-0.3, -0.25) is 9.59 Å². The number of rotatable bonds is 4. The van der Waals surface area contributed by atoms with Crippen LogP contribution in [-0.2, 0) is 0 Å². The monoisotopic (exact) mass is 295 g/mol. The van der Waals surface area contributed by atoms with Crippen molar-refractivity contribution in [3.8, 4) is 0 Å². The lowest BCUT2D eigenvalue weighted by Crippen LogP contribution is -2.58. The molecule has 0 fully saturated rings. The third-order valence-corrected chi connectivity index (χ3v) is 3.85. The molecule has 6 heteroatoms. The first-order valence-corrected chi connectivity index (χ1v) is 7.02. The van der Waals surface area contributed by atoms with Crippen LogP contribution in [0.5, 0.6) is 0 Å². The highest BCUT2D eigenvalue weighted by Crippen LogP contribution is 2.21. The quantitative estimate of drug-likeness (QED) is 0.784. The zero-order chi connectivity index (χ0) is 16.6. The zero-order valence-corrected chi connectivity index (χ0v) is 13.8. The first kappa shape index (κ1) is 17.4. The molecular formula is C15H25N3O3. The van der Waals surface area contributed by atoms with Crippen LogP contribution in [0, 0.1) is 6.92 Å². The molecule has 6 nitrogen and oxygen atoms in total. The Morgan fingerprint density at radius 2 is 1.81 bits per heavy atom. The minimum Gasteiger partial charge on any atom is -0.388 e. The van der Waals surface area contributed by atoms with Crippen LogP contribution in [0.2, 0.25) is 0 Å². The van der Waals surface area contributed by atoms with E-state index in [1.165, 1.54) is 0 Å². The van der Waals surface area contributed by atoms with Gasteiger partial charge in [0.1, 0.15) is 11.4 Å². The van der Waals surface area contributed by atoms with Gasteiger partial charge in [0.05, 0.1) is 16.8 Å². The summed E-state index contributed by atoms with van der Waals surface area (Å²) >= 11 is 0. The number of amides is 1. The van der Waals surface area contributed by atoms with Gasteiger partial charge in [-0.05, 0) is 34.6 Å². The molecule has 1 rings (SSSR count). The largest absolute Gasteiger partial charge is 0.388 e. The molecule has 0 spiro atoms. The Bertz CT molecular complexity index is 595. The third kappa shape index (κ3) is 3.69. The predicted molar refractivity (Wildman–Crippen MR) is 81.5 cm³/mol. The first-order chi connectivity index (χ1) is 9.36. The standard InChI is InChI=1S/C15H25N3O3/c1-8(2)11-16-9(3)10(12(19)17-11)13(20)18-14(4,5)15(6,7)21/h8,21H,1-7H3,(H,18,20)(H,16,17,19). The molecule has 0 atom stereocenters. The van der Waals surface area contributed by atoms with Crippen LogP contribution in [0.25, 0.3) is 0 Å². The molecule has 0 aliphatic carbocycles. The van der Waals surface area contributed by atoms with Crippen molar-refractivity contribution in [3.63, 3.8) is 0 Å². The summed E-state index contributed by atoms with van der Waals surface area (Å²) < 4.78 is 0. The van der Waals surface area contributed by atoms with E-state index in [4.69, 9.17) is 0 Å². The third-order valence-electron chi connectivity index (χ3n) is 3.85. The van der Waals surface area contributed by atoms with Crippen molar-refractivity contribution in [2.45, 2.75) is 65.5 Å². The lowest BCUT2D eigenvalue weighted by Gasteiger charge is -2.37. The molecule has 118 valence electrons. The average molecular weight is 295 g/mol. The molecule has 0 saturated heterocycles. The average Bonchev–Trinajstić information content (AvgIpc) is 2.25. The Balaban J connectivity index is 3.19. The number of aryl methyl sites for hydroxylation is 1. The van der Waals surface area contributed by atoms with E-state index < -0.39 is 22.6 Å². The van der Waals surface area contributed by atoms with E-state index in [0.717, 1.165) is 0 Å². The maximum absolute atomic E-state index is 12.3. The van der Waals surface area contributed by atoms with E-state index in [0.29, 0.717) is 11.5 Å². The van der Waals surface area contributed by atoms with Gasteiger partial charge in [-0.2, -0.15) is 0 Å². The zero-order valence-electron chi connectivity index (χ0n) is 13.8. The molecule has 0 aliphatic rings. The number of aliphatic hydroxyl groups is 1. The predicted octanol–water partition coefficient (Wildman–Crippen LogP) is 1.48. The smallest absolute Gasteiger partial charge is 0.264 e. The van der Waals surface area contributed by atoms with E-state index >= 15 is 0 Å². The number of carbonyl (C=O) groups is 1. The van der Waals surface area contributed by atoms with Crippen molar-refractivity contribution in [2.24, 2.45) is 0 Å². The van der Waals surface area contributed by atoms with Gasteiger partial charge in [0.2, 0.25) is 0 Å². The number of aromatic amines is 1. The molecule has 1 aromatic heterocycles. The van der Waals surface area contributed by atoms with Gasteiger partial charge >= 0.3 is 0 Å². The summed E-state index contributed by atoms with van der Waals surface area (Å²) in [5.74, 6) is 0.0841. The Labute approximate surface area is 125 Å². The minimum atomic E-state index is -1.13. The lowest BCUT2D eigenvalue weighted by molar-refractivity contribution is -0.00298. The summed E-state index contributed by atoms with van der Waals surface area (Å²) in [5, 5.41) is 12.8. The van der Waals surface area contributed by atoms with Crippen molar-refractivity contribution in [3.05, 3.63) is 27.4 Å². The van der Waals surface area contributed by atoms with E-state index in [2.05, 4.69) is 15.3 Å². The Kier molecular flexibility index (Phi) is 4.63. The van der Waals surface area contributed by atoms with Crippen molar-refractivity contribution < 1.29 is 9.90 Å². The molecule has 0 aliphatic heterocycles. The topological polar surface area (TPSA) is 95.1 Å². The summed E-state index contributed by atoms with van der Waals surface area (Å²) in [6, 6.07) is 0. The van der Waals surface area contributed by atoms with Crippen LogP contribution in [-0.4, -0.2) is 32.1 Å². The summed E-state index contributed by atoms with van der Waals surface area (Å²) in [4.78, 5) is 31.4. The summed E-state index contributed by atoms with van der Waals surface area (Å²) in [6.07, 6.45) is 0. The second-order valence-corrected chi connectivity index (χ2v) is 6.70. The van der Waals surface area contributed by atoms with Crippen molar-refractivity contribution >= 4 is 5.91 Å². The van der Waals surface area contributed by atoms with Crippen molar-refractivity contribution in [1.82, 2.24) is 15.3 Å². The van der Waals surface area contributed by atoms with Crippen LogP contribution >= 0.6 is 0 Å². The number of nitrogens with one attached hydrogen (secondary N) is 2. The Hall–Kier alpha value is -1.69. The Morgan fingerprint density at radius 3 is 2.19 bits per heavy atom. The maximum atomic E-state index is 12.3. The van der Waals surface area contributed by atoms with Gasteiger partial charge in [-0.25, -0.2) is 4.98 Å². The summed E-state index contributed by atoms with van der Waals surface area (Å²) in [7, 11) is 0. The van der Waals surface area contributed by atoms with Crippen LogP contribution in [0.4, 0.5) is 0 Å². The highest BCUT2D eigenvalue weighted by Gasteiger charge is 2.37. The van der Waals surface area contributed by atoms with Crippen LogP contribution in [0.1, 0.15) is 69.3 Å². The number of hydrogen-bond acceptors (Lipinski definition) is 4. The lowest BCUT2D eigenvalue weighted by atomic mass is 9.85. The van der Waals surface area contributed by atoms with E-state index in [1.54, 1.807) is 34.6 Å². The summed E-state index contributed by atoms with van der Waals surface area (Å²) in [5.41, 5.74) is -2.12. The van der Waals surface area contributed by atoms with E-state index in [9.17, 15) is 14.7 Å². The molecule has 1 heterocycles. The van der Waals surface area contributed by atoms with Gasteiger partial charge in [0, 0.05) is 5.92 Å². The molecule has 1 amide bonds. The molecule has 0 bridgehead atoms. The maximum Gasteiger partial charge on any atom is 0.264 e. The number of H-pyrrole nitrogens is 1. The molecule has 21 heavy (non-hydrogen) atoms. The van der Waals surface area contributed by atoms with Gasteiger partial charge in [-0.1, -0.05) is 13.8 Å². The highest BCUT2D eigenvalue weighted by atomic mass is 16.3. The molecule has 3 N–H and O–H groups in total. The normalized spacial score (nSPS) is 12.6. The van der Waals surface area contributed by atoms with E-state index in [-0.39, 0.29) is 11.5 Å². The number of carbonyl (C=O) groups excluding carboxylic acids is 1. The fourth-order valence-corrected chi connectivity index (χ4v) is 1.65. The minimum absolute atomic E-state index is 0.0169. The molecule has 0 aromatic carbocycles. The van der Waals surface area contributed by atoms with Gasteiger partial charge in [0.25, 0.3) is 11.5 Å². The van der Waals surface area contributed by atoms with Crippen LogP contribution in [0.15, 0.2) is 4.79 Å². The van der Waals surface area contributed by atoms with Crippen LogP contribution < -0.4 is 10.9 Å². The molecule has 0 radical (unpaired) electrons. The molecule has 0 unspecified atom stereocenters. The fraction of sp³-hybridized carbons (Fsp3) is 0.667. The SMILES string of the molecule is Cc1nc(C(C)C)[nH]c(=O)c1C(=O)NC(C)(C)C(C)(C)O. The number of hydrogen-bond donors (Lipinski definition) is 3. The van der Waals surface area contributed by atoms with Gasteiger partial charge in [0.15, 0.2) is 0 Å². The van der Waals surface area contributed by atoms with Gasteiger partial charge in [-0.15, -0.1) is 0 Å². The number of aromatic nitrogens is 2. The number of nitrogens with zero attached hydrogens (tertiary/aromatic N) is 1. The fourth-order valence-electron chi connectivity index (χ4n) is 1.65. The second kappa shape index (κ2) is 5.60.